The Balaban J connectivity index is 1.64. The molecule has 1 atom stereocenters. The van der Waals surface area contributed by atoms with Gasteiger partial charge in [0.1, 0.15) is 0 Å². The van der Waals surface area contributed by atoms with Crippen molar-refractivity contribution in [2.24, 2.45) is 5.73 Å². The van der Waals surface area contributed by atoms with Crippen molar-refractivity contribution in [1.82, 2.24) is 9.78 Å². The number of aromatic nitrogens is 2. The minimum atomic E-state index is -0.255. The monoisotopic (exact) mass is 293 g/mol. The summed E-state index contributed by atoms with van der Waals surface area (Å²) in [7, 11) is 1.77. The second kappa shape index (κ2) is 6.46. The lowest BCUT2D eigenvalue weighted by atomic mass is 9.84. The molecule has 0 bridgehead atoms. The zero-order valence-electron chi connectivity index (χ0n) is 13.0. The van der Waals surface area contributed by atoms with Crippen molar-refractivity contribution >= 4 is 0 Å². The number of methoxy groups -OCH3 is 1. The highest BCUT2D eigenvalue weighted by atomic mass is 16.5. The molecule has 1 saturated carbocycles. The molecule has 1 aliphatic heterocycles. The van der Waals surface area contributed by atoms with E-state index in [-0.39, 0.29) is 11.6 Å². The summed E-state index contributed by atoms with van der Waals surface area (Å²) in [6, 6.07) is 2.67. The maximum Gasteiger partial charge on any atom is 0.0876 e. The number of hydrogen-bond acceptors (Lipinski definition) is 4. The average molecular weight is 293 g/mol. The van der Waals surface area contributed by atoms with E-state index in [4.69, 9.17) is 20.3 Å². The molecule has 118 valence electrons. The van der Waals surface area contributed by atoms with Gasteiger partial charge < -0.3 is 15.2 Å². The molecule has 2 N–H and O–H groups in total. The third-order valence-corrected chi connectivity index (χ3v) is 5.21. The predicted octanol–water partition coefficient (Wildman–Crippen LogP) is 2.06. The smallest absolute Gasteiger partial charge is 0.0876 e. The second-order valence-corrected chi connectivity index (χ2v) is 6.42. The zero-order chi connectivity index (χ0) is 14.7. The summed E-state index contributed by atoms with van der Waals surface area (Å²) in [5.74, 6) is 0. The Morgan fingerprint density at radius 2 is 2.14 bits per heavy atom. The van der Waals surface area contributed by atoms with Crippen molar-refractivity contribution in [3.05, 3.63) is 18.0 Å². The van der Waals surface area contributed by atoms with Crippen LogP contribution < -0.4 is 5.73 Å². The fourth-order valence-electron chi connectivity index (χ4n) is 3.71. The van der Waals surface area contributed by atoms with Crippen molar-refractivity contribution in [1.29, 1.82) is 0 Å². The highest BCUT2D eigenvalue weighted by Crippen LogP contribution is 2.30. The molecule has 1 aromatic rings. The van der Waals surface area contributed by atoms with Crippen LogP contribution in [-0.4, -0.2) is 41.7 Å². The van der Waals surface area contributed by atoms with E-state index in [0.29, 0.717) is 6.04 Å². The summed E-state index contributed by atoms with van der Waals surface area (Å²) in [4.78, 5) is 0. The molecule has 2 aliphatic rings. The highest BCUT2D eigenvalue weighted by Gasteiger charge is 2.38. The van der Waals surface area contributed by atoms with Crippen molar-refractivity contribution < 1.29 is 9.47 Å². The Kier molecular flexibility index (Phi) is 4.62. The average Bonchev–Trinajstić information content (AvgIpc) is 3.18. The van der Waals surface area contributed by atoms with Crippen LogP contribution in [0.5, 0.6) is 0 Å². The quantitative estimate of drug-likeness (QED) is 0.902. The fourth-order valence-corrected chi connectivity index (χ4v) is 3.71. The van der Waals surface area contributed by atoms with E-state index in [1.807, 2.05) is 0 Å². The minimum Gasteiger partial charge on any atom is -0.381 e. The lowest BCUT2D eigenvalue weighted by Crippen LogP contribution is -2.54. The Labute approximate surface area is 126 Å². The number of rotatable bonds is 5. The van der Waals surface area contributed by atoms with Gasteiger partial charge in [0.25, 0.3) is 0 Å². The van der Waals surface area contributed by atoms with Gasteiger partial charge in [0.2, 0.25) is 0 Å². The molecular weight excluding hydrogens is 266 g/mol. The molecule has 3 rings (SSSR count). The summed E-state index contributed by atoms with van der Waals surface area (Å²) in [5, 5.41) is 4.74. The first-order valence-corrected chi connectivity index (χ1v) is 8.16. The fraction of sp³-hybridized carbons (Fsp3) is 0.812. The maximum atomic E-state index is 6.46. The van der Waals surface area contributed by atoms with Gasteiger partial charge in [-0.2, -0.15) is 5.10 Å². The summed E-state index contributed by atoms with van der Waals surface area (Å²) < 4.78 is 13.4. The molecule has 1 unspecified atom stereocenters. The van der Waals surface area contributed by atoms with Gasteiger partial charge in [0, 0.05) is 51.8 Å². The van der Waals surface area contributed by atoms with Crippen LogP contribution in [0.25, 0.3) is 0 Å². The summed E-state index contributed by atoms with van der Waals surface area (Å²) >= 11 is 0. The number of ether oxygens (including phenoxy) is 2. The van der Waals surface area contributed by atoms with Gasteiger partial charge in [-0.25, -0.2) is 0 Å². The van der Waals surface area contributed by atoms with Crippen LogP contribution in [0.2, 0.25) is 0 Å². The standard InChI is InChI=1S/C16H27N3O2/c1-20-16(7-10-21-11-8-16)15(17)12-13-6-9-19(18-13)14-4-2-3-5-14/h6,9,14-15H,2-5,7-8,10-12,17H2,1H3. The van der Waals surface area contributed by atoms with E-state index in [1.54, 1.807) is 7.11 Å². The van der Waals surface area contributed by atoms with Crippen molar-refractivity contribution in [2.45, 2.75) is 62.6 Å². The first kappa shape index (κ1) is 15.0. The van der Waals surface area contributed by atoms with Crippen LogP contribution in [0.4, 0.5) is 0 Å². The molecular formula is C16H27N3O2. The first-order valence-electron chi connectivity index (χ1n) is 8.16. The van der Waals surface area contributed by atoms with Gasteiger partial charge in [-0.05, 0) is 18.9 Å². The van der Waals surface area contributed by atoms with Crippen LogP contribution in [0.3, 0.4) is 0 Å². The molecule has 1 aliphatic carbocycles. The SMILES string of the molecule is COC1(C(N)Cc2ccn(C3CCCC3)n2)CCOCC1. The zero-order valence-corrected chi connectivity index (χ0v) is 13.0. The molecule has 0 radical (unpaired) electrons. The topological polar surface area (TPSA) is 62.3 Å². The molecule has 2 fully saturated rings. The van der Waals surface area contributed by atoms with Gasteiger partial charge in [0.15, 0.2) is 0 Å². The summed E-state index contributed by atoms with van der Waals surface area (Å²) in [5.41, 5.74) is 7.29. The normalized spacial score (nSPS) is 24.3. The van der Waals surface area contributed by atoms with Gasteiger partial charge in [-0.15, -0.1) is 0 Å². The summed E-state index contributed by atoms with van der Waals surface area (Å²) in [6.45, 7) is 1.47. The molecule has 0 spiro atoms. The first-order chi connectivity index (χ1) is 10.2. The Bertz CT molecular complexity index is 448. The van der Waals surface area contributed by atoms with Crippen LogP contribution >= 0.6 is 0 Å². The van der Waals surface area contributed by atoms with Crippen molar-refractivity contribution in [2.75, 3.05) is 20.3 Å². The van der Waals surface area contributed by atoms with Crippen LogP contribution in [0.1, 0.15) is 50.3 Å². The number of hydrogen-bond donors (Lipinski definition) is 1. The maximum absolute atomic E-state index is 6.46. The van der Waals surface area contributed by atoms with Gasteiger partial charge >= 0.3 is 0 Å². The van der Waals surface area contributed by atoms with Gasteiger partial charge in [-0.1, -0.05) is 12.8 Å². The Morgan fingerprint density at radius 3 is 2.81 bits per heavy atom. The van der Waals surface area contributed by atoms with Crippen LogP contribution in [-0.2, 0) is 15.9 Å². The number of nitrogens with zero attached hydrogens (tertiary/aromatic N) is 2. The Hall–Kier alpha value is -0.910. The highest BCUT2D eigenvalue weighted by molar-refractivity contribution is 5.06. The molecule has 1 saturated heterocycles. The van der Waals surface area contributed by atoms with E-state index >= 15 is 0 Å². The molecule has 2 heterocycles. The van der Waals surface area contributed by atoms with Crippen LogP contribution in [0.15, 0.2) is 12.3 Å². The van der Waals surface area contributed by atoms with Crippen molar-refractivity contribution in [3.8, 4) is 0 Å². The van der Waals surface area contributed by atoms with Gasteiger partial charge in [-0.3, -0.25) is 4.68 Å². The lowest BCUT2D eigenvalue weighted by Gasteiger charge is -2.40. The minimum absolute atomic E-state index is 0.0293. The summed E-state index contributed by atoms with van der Waals surface area (Å²) in [6.07, 6.45) is 9.79. The van der Waals surface area contributed by atoms with Gasteiger partial charge in [0.05, 0.1) is 17.3 Å². The Morgan fingerprint density at radius 1 is 1.43 bits per heavy atom. The molecule has 1 aromatic heterocycles. The molecule has 21 heavy (non-hydrogen) atoms. The molecule has 5 nitrogen and oxygen atoms in total. The van der Waals surface area contributed by atoms with Crippen LogP contribution in [0, 0.1) is 0 Å². The molecule has 0 amide bonds. The largest absolute Gasteiger partial charge is 0.381 e. The third-order valence-electron chi connectivity index (χ3n) is 5.21. The van der Waals surface area contributed by atoms with E-state index in [2.05, 4.69) is 16.9 Å². The molecule has 5 heteroatoms. The molecule has 0 aromatic carbocycles. The number of nitrogens with two attached hydrogens (primary N) is 1. The second-order valence-electron chi connectivity index (χ2n) is 6.42. The van der Waals surface area contributed by atoms with Crippen molar-refractivity contribution in [3.63, 3.8) is 0 Å². The van der Waals surface area contributed by atoms with E-state index < -0.39 is 0 Å². The van der Waals surface area contributed by atoms with E-state index in [9.17, 15) is 0 Å². The lowest BCUT2D eigenvalue weighted by molar-refractivity contribution is -0.103. The van der Waals surface area contributed by atoms with E-state index in [1.165, 1.54) is 25.7 Å². The van der Waals surface area contributed by atoms with E-state index in [0.717, 1.165) is 38.2 Å². The predicted molar refractivity (Wildman–Crippen MR) is 81.2 cm³/mol. The third kappa shape index (κ3) is 3.15.